The Morgan fingerprint density at radius 1 is 1.62 bits per heavy atom. The lowest BCUT2D eigenvalue weighted by Crippen LogP contribution is -2.13. The monoisotopic (exact) mass is 125 g/mol. The Bertz CT molecular complexity index is 118. The summed E-state index contributed by atoms with van der Waals surface area (Å²) in [6.07, 6.45) is 0.544. The molecule has 5 heteroatoms. The standard InChI is InChI=1S/C3H2F3NO/c4-1-3(5,6)7-2-8/h1H2. The van der Waals surface area contributed by atoms with Gasteiger partial charge in [0.2, 0.25) is 6.08 Å². The van der Waals surface area contributed by atoms with Gasteiger partial charge in [-0.15, -0.1) is 4.99 Å². The van der Waals surface area contributed by atoms with E-state index in [0.29, 0.717) is 6.08 Å². The van der Waals surface area contributed by atoms with Crippen LogP contribution in [0.4, 0.5) is 13.2 Å². The van der Waals surface area contributed by atoms with Crippen molar-refractivity contribution >= 4 is 6.08 Å². The predicted octanol–water partition coefficient (Wildman–Crippen LogP) is 0.885. The van der Waals surface area contributed by atoms with Gasteiger partial charge in [-0.05, 0) is 0 Å². The molecule has 0 aromatic heterocycles. The first-order valence-electron chi connectivity index (χ1n) is 1.65. The zero-order valence-corrected chi connectivity index (χ0v) is 3.70. The fourth-order valence-electron chi connectivity index (χ4n) is 0.0967. The van der Waals surface area contributed by atoms with E-state index in [4.69, 9.17) is 4.79 Å². The molecule has 0 radical (unpaired) electrons. The summed E-state index contributed by atoms with van der Waals surface area (Å²) < 4.78 is 33.6. The first-order valence-corrected chi connectivity index (χ1v) is 1.65. The summed E-state index contributed by atoms with van der Waals surface area (Å²) in [7, 11) is 0. The molecule has 46 valence electrons. The highest BCUT2D eigenvalue weighted by Crippen LogP contribution is 2.13. The Morgan fingerprint density at radius 3 is 2.25 bits per heavy atom. The van der Waals surface area contributed by atoms with Crippen molar-refractivity contribution in [1.82, 2.24) is 0 Å². The molecule has 0 saturated heterocycles. The Balaban J connectivity index is 3.90. The van der Waals surface area contributed by atoms with Gasteiger partial charge in [-0.25, -0.2) is 9.18 Å². The highest BCUT2D eigenvalue weighted by atomic mass is 19.3. The number of alkyl halides is 3. The van der Waals surface area contributed by atoms with E-state index >= 15 is 0 Å². The molecular formula is C3H2F3NO. The highest BCUT2D eigenvalue weighted by molar-refractivity contribution is 5.33. The number of halogens is 3. The van der Waals surface area contributed by atoms with Crippen LogP contribution in [0, 0.1) is 0 Å². The van der Waals surface area contributed by atoms with Crippen molar-refractivity contribution in [3.63, 3.8) is 0 Å². The topological polar surface area (TPSA) is 29.4 Å². The maximum absolute atomic E-state index is 11.3. The molecule has 8 heavy (non-hydrogen) atoms. The molecule has 0 rings (SSSR count). The van der Waals surface area contributed by atoms with Crippen LogP contribution in [0.2, 0.25) is 0 Å². The number of carbonyl (C=O) groups excluding carboxylic acids is 1. The fourth-order valence-corrected chi connectivity index (χ4v) is 0.0967. The van der Waals surface area contributed by atoms with Gasteiger partial charge >= 0.3 is 6.05 Å². The van der Waals surface area contributed by atoms with Crippen LogP contribution >= 0.6 is 0 Å². The van der Waals surface area contributed by atoms with Crippen molar-refractivity contribution in [2.24, 2.45) is 4.99 Å². The van der Waals surface area contributed by atoms with E-state index in [2.05, 4.69) is 0 Å². The number of hydrogen-bond donors (Lipinski definition) is 0. The van der Waals surface area contributed by atoms with Gasteiger partial charge in [0.1, 0.15) is 0 Å². The van der Waals surface area contributed by atoms with Crippen LogP contribution in [0.15, 0.2) is 4.99 Å². The second-order valence-corrected chi connectivity index (χ2v) is 1.00. The molecule has 0 aliphatic heterocycles. The second kappa shape index (κ2) is 2.47. The van der Waals surface area contributed by atoms with E-state index in [-0.39, 0.29) is 0 Å². The number of hydrogen-bond acceptors (Lipinski definition) is 2. The van der Waals surface area contributed by atoms with Gasteiger partial charge in [0, 0.05) is 0 Å². The number of nitrogens with zero attached hydrogens (tertiary/aromatic N) is 1. The van der Waals surface area contributed by atoms with E-state index in [1.807, 2.05) is 4.99 Å². The van der Waals surface area contributed by atoms with Crippen LogP contribution in [-0.4, -0.2) is 18.8 Å². The molecule has 2 nitrogen and oxygen atoms in total. The third kappa shape index (κ3) is 2.36. The highest BCUT2D eigenvalue weighted by Gasteiger charge is 2.27. The summed E-state index contributed by atoms with van der Waals surface area (Å²) in [6, 6.07) is -3.87. The quantitative estimate of drug-likeness (QED) is 0.306. The smallest absolute Gasteiger partial charge is 0.242 e. The lowest BCUT2D eigenvalue weighted by atomic mass is 10.6. The summed E-state index contributed by atoms with van der Waals surface area (Å²) in [5, 5.41) is 0. The third-order valence-electron chi connectivity index (χ3n) is 0.370. The molecule has 0 fully saturated rings. The summed E-state index contributed by atoms with van der Waals surface area (Å²) in [6.45, 7) is -1.96. The zero-order chi connectivity index (χ0) is 6.62. The Hall–Kier alpha value is -0.830. The van der Waals surface area contributed by atoms with Crippen molar-refractivity contribution < 1.29 is 18.0 Å². The molecule has 0 amide bonds. The van der Waals surface area contributed by atoms with Crippen LogP contribution in [0.1, 0.15) is 0 Å². The molecule has 0 spiro atoms. The molecule has 0 aromatic rings. The molecule has 0 aliphatic carbocycles. The number of aliphatic imine (C=N–C) groups is 1. The molecule has 0 atom stereocenters. The van der Waals surface area contributed by atoms with E-state index < -0.39 is 12.7 Å². The largest absolute Gasteiger partial charge is 0.380 e. The van der Waals surface area contributed by atoms with Gasteiger partial charge in [0.05, 0.1) is 0 Å². The zero-order valence-electron chi connectivity index (χ0n) is 3.70. The van der Waals surface area contributed by atoms with E-state index in [0.717, 1.165) is 0 Å². The van der Waals surface area contributed by atoms with Crippen molar-refractivity contribution in [1.29, 1.82) is 0 Å². The molecule has 0 saturated carbocycles. The molecule has 0 N–H and O–H groups in total. The Morgan fingerprint density at radius 2 is 2.12 bits per heavy atom. The minimum atomic E-state index is -3.87. The molecular weight excluding hydrogens is 123 g/mol. The van der Waals surface area contributed by atoms with Crippen molar-refractivity contribution in [3.8, 4) is 0 Å². The number of rotatable bonds is 2. The normalized spacial score (nSPS) is 10.4. The van der Waals surface area contributed by atoms with Gasteiger partial charge in [-0.2, -0.15) is 8.78 Å². The predicted molar refractivity (Wildman–Crippen MR) is 19.0 cm³/mol. The van der Waals surface area contributed by atoms with Gasteiger partial charge < -0.3 is 0 Å². The summed E-state index contributed by atoms with van der Waals surface area (Å²) in [5.74, 6) is 0. The summed E-state index contributed by atoms with van der Waals surface area (Å²) in [5.41, 5.74) is 0. The SMILES string of the molecule is O=C=NC(F)(F)CF. The van der Waals surface area contributed by atoms with Crippen LogP contribution in [-0.2, 0) is 4.79 Å². The van der Waals surface area contributed by atoms with Gasteiger partial charge in [-0.1, -0.05) is 0 Å². The average molecular weight is 125 g/mol. The minimum Gasteiger partial charge on any atom is -0.242 e. The van der Waals surface area contributed by atoms with Crippen molar-refractivity contribution in [3.05, 3.63) is 0 Å². The molecule has 0 bridgehead atoms. The third-order valence-corrected chi connectivity index (χ3v) is 0.370. The summed E-state index contributed by atoms with van der Waals surface area (Å²) in [4.78, 5) is 10.9. The lowest BCUT2D eigenvalue weighted by molar-refractivity contribution is -0.0128. The number of isocyanates is 1. The first-order chi connectivity index (χ1) is 3.62. The minimum absolute atomic E-state index is 0.544. The summed E-state index contributed by atoms with van der Waals surface area (Å²) >= 11 is 0. The lowest BCUT2D eigenvalue weighted by Gasteiger charge is -1.98. The average Bonchev–Trinajstić information content (AvgIpc) is 1.67. The molecule has 0 heterocycles. The van der Waals surface area contributed by atoms with Crippen molar-refractivity contribution in [2.75, 3.05) is 6.67 Å². The van der Waals surface area contributed by atoms with E-state index in [1.165, 1.54) is 0 Å². The molecule has 0 unspecified atom stereocenters. The molecule has 0 aliphatic rings. The Kier molecular flexibility index (Phi) is 2.21. The van der Waals surface area contributed by atoms with Crippen LogP contribution in [0.3, 0.4) is 0 Å². The van der Waals surface area contributed by atoms with E-state index in [1.54, 1.807) is 0 Å². The maximum atomic E-state index is 11.3. The molecule has 0 aromatic carbocycles. The second-order valence-electron chi connectivity index (χ2n) is 1.00. The first kappa shape index (κ1) is 7.17. The van der Waals surface area contributed by atoms with Gasteiger partial charge in [0.25, 0.3) is 0 Å². The van der Waals surface area contributed by atoms with Crippen LogP contribution in [0.5, 0.6) is 0 Å². The fraction of sp³-hybridized carbons (Fsp3) is 0.667. The van der Waals surface area contributed by atoms with E-state index in [9.17, 15) is 13.2 Å². The maximum Gasteiger partial charge on any atom is 0.380 e. The van der Waals surface area contributed by atoms with Gasteiger partial charge in [-0.3, -0.25) is 0 Å². The van der Waals surface area contributed by atoms with Crippen LogP contribution in [0.25, 0.3) is 0 Å². The Labute approximate surface area is 43.0 Å². The van der Waals surface area contributed by atoms with Crippen molar-refractivity contribution in [2.45, 2.75) is 6.05 Å². The van der Waals surface area contributed by atoms with Gasteiger partial charge in [0.15, 0.2) is 6.67 Å². The van der Waals surface area contributed by atoms with Crippen LogP contribution < -0.4 is 0 Å².